The van der Waals surface area contributed by atoms with Crippen LogP contribution in [0.15, 0.2) is 12.1 Å². The number of aryl methyl sites for hydroxylation is 1. The molecule has 3 heterocycles. The molecule has 0 aliphatic carbocycles. The molecule has 1 spiro atoms. The quantitative estimate of drug-likeness (QED) is 0.923. The van der Waals surface area contributed by atoms with E-state index in [2.05, 4.69) is 19.1 Å². The fraction of sp³-hybridized carbons (Fsp3) is 0.733. The average molecular weight is 298 g/mol. The summed E-state index contributed by atoms with van der Waals surface area (Å²) in [5.41, 5.74) is 0.0689. The Morgan fingerprint density at radius 2 is 2.42 bits per heavy atom. The van der Waals surface area contributed by atoms with Gasteiger partial charge in [-0.05, 0) is 49.5 Å². The molecule has 1 N–H and O–H groups in total. The number of aliphatic hydroxyl groups is 1. The minimum atomic E-state index is -0.295. The second kappa shape index (κ2) is 5.76. The Hall–Kier alpha value is -0.0300. The van der Waals surface area contributed by atoms with E-state index in [1.807, 2.05) is 11.8 Å². The second-order valence-corrected chi connectivity index (χ2v) is 7.99. The summed E-state index contributed by atoms with van der Waals surface area (Å²) in [6.07, 6.45) is 3.95. The number of ether oxygens (including phenoxy) is 1. The van der Waals surface area contributed by atoms with E-state index in [0.29, 0.717) is 5.92 Å². The molecule has 0 radical (unpaired) electrons. The van der Waals surface area contributed by atoms with Crippen LogP contribution in [0, 0.1) is 5.92 Å². The molecule has 2 aliphatic heterocycles. The van der Waals surface area contributed by atoms with Crippen molar-refractivity contribution in [2.24, 2.45) is 5.92 Å². The smallest absolute Gasteiger partial charge is 0.0912 e. The molecule has 3 atom stereocenters. The topological polar surface area (TPSA) is 29.5 Å². The molecule has 19 heavy (non-hydrogen) atoms. The molecular formula is C15H22O2S2. The molecule has 3 rings (SSSR count). The molecule has 1 aromatic heterocycles. The van der Waals surface area contributed by atoms with Gasteiger partial charge in [0.05, 0.1) is 11.7 Å². The van der Waals surface area contributed by atoms with Crippen molar-refractivity contribution in [1.29, 1.82) is 0 Å². The van der Waals surface area contributed by atoms with Gasteiger partial charge in [0.1, 0.15) is 0 Å². The van der Waals surface area contributed by atoms with Gasteiger partial charge in [-0.3, -0.25) is 0 Å². The summed E-state index contributed by atoms with van der Waals surface area (Å²) >= 11 is 3.76. The third-order valence-corrected chi connectivity index (χ3v) is 6.89. The van der Waals surface area contributed by atoms with Crippen LogP contribution in [0.2, 0.25) is 0 Å². The van der Waals surface area contributed by atoms with Gasteiger partial charge in [0.25, 0.3) is 0 Å². The van der Waals surface area contributed by atoms with Crippen LogP contribution in [0.1, 0.15) is 42.0 Å². The summed E-state index contributed by atoms with van der Waals surface area (Å²) < 4.78 is 6.04. The Morgan fingerprint density at radius 3 is 3.11 bits per heavy atom. The molecule has 0 saturated carbocycles. The first-order valence-electron chi connectivity index (χ1n) is 7.21. The zero-order valence-electron chi connectivity index (χ0n) is 11.4. The van der Waals surface area contributed by atoms with Gasteiger partial charge < -0.3 is 9.84 Å². The number of thioether (sulfide) groups is 1. The number of hydrogen-bond acceptors (Lipinski definition) is 4. The maximum absolute atomic E-state index is 10.6. The van der Waals surface area contributed by atoms with E-state index in [-0.39, 0.29) is 11.7 Å². The molecule has 2 aliphatic rings. The highest BCUT2D eigenvalue weighted by Gasteiger charge is 2.42. The third kappa shape index (κ3) is 2.87. The maximum Gasteiger partial charge on any atom is 0.0912 e. The first kappa shape index (κ1) is 13.9. The number of aliphatic hydroxyl groups excluding tert-OH is 1. The van der Waals surface area contributed by atoms with Gasteiger partial charge in [-0.25, -0.2) is 0 Å². The van der Waals surface area contributed by atoms with Crippen LogP contribution < -0.4 is 0 Å². The summed E-state index contributed by atoms with van der Waals surface area (Å²) in [7, 11) is 0. The van der Waals surface area contributed by atoms with E-state index in [1.54, 1.807) is 11.3 Å². The van der Waals surface area contributed by atoms with Crippen molar-refractivity contribution < 1.29 is 9.84 Å². The van der Waals surface area contributed by atoms with Crippen LogP contribution in [-0.2, 0) is 11.2 Å². The van der Waals surface area contributed by atoms with Crippen LogP contribution in [0.4, 0.5) is 0 Å². The molecule has 4 heteroatoms. The Bertz CT molecular complexity index is 424. The van der Waals surface area contributed by atoms with Gasteiger partial charge in [0, 0.05) is 22.1 Å². The van der Waals surface area contributed by atoms with Crippen molar-refractivity contribution in [3.05, 3.63) is 21.9 Å². The van der Waals surface area contributed by atoms with Crippen LogP contribution in [0.3, 0.4) is 0 Å². The molecule has 1 aromatic rings. The van der Waals surface area contributed by atoms with E-state index >= 15 is 0 Å². The SMILES string of the molecule is CCc1ccc(C(O)C2CCOC3(CCSC3)C2)s1. The normalized spacial score (nSPS) is 32.8. The van der Waals surface area contributed by atoms with Crippen molar-refractivity contribution in [3.8, 4) is 0 Å². The van der Waals surface area contributed by atoms with Crippen LogP contribution >= 0.6 is 23.1 Å². The summed E-state index contributed by atoms with van der Waals surface area (Å²) in [6.45, 7) is 2.98. The van der Waals surface area contributed by atoms with Gasteiger partial charge in [-0.15, -0.1) is 11.3 Å². The minimum absolute atomic E-state index is 0.0689. The molecule has 2 nitrogen and oxygen atoms in total. The van der Waals surface area contributed by atoms with Crippen molar-refractivity contribution in [3.63, 3.8) is 0 Å². The highest BCUT2D eigenvalue weighted by molar-refractivity contribution is 7.99. The maximum atomic E-state index is 10.6. The fourth-order valence-electron chi connectivity index (χ4n) is 3.17. The summed E-state index contributed by atoms with van der Waals surface area (Å²) in [4.78, 5) is 2.51. The molecule has 3 unspecified atom stereocenters. The molecule has 0 aromatic carbocycles. The largest absolute Gasteiger partial charge is 0.387 e. The van der Waals surface area contributed by atoms with Crippen LogP contribution in [0.5, 0.6) is 0 Å². The molecule has 0 amide bonds. The van der Waals surface area contributed by atoms with E-state index in [0.717, 1.165) is 42.9 Å². The lowest BCUT2D eigenvalue weighted by atomic mass is 9.82. The highest BCUT2D eigenvalue weighted by Crippen LogP contribution is 2.44. The lowest BCUT2D eigenvalue weighted by Crippen LogP contribution is -2.41. The lowest BCUT2D eigenvalue weighted by Gasteiger charge is -2.39. The fourth-order valence-corrected chi connectivity index (χ4v) is 5.58. The van der Waals surface area contributed by atoms with E-state index < -0.39 is 0 Å². The number of thiophene rings is 1. The summed E-state index contributed by atoms with van der Waals surface area (Å²) in [6, 6.07) is 4.27. The highest BCUT2D eigenvalue weighted by atomic mass is 32.2. The van der Waals surface area contributed by atoms with Gasteiger partial charge in [-0.2, -0.15) is 11.8 Å². The van der Waals surface area contributed by atoms with Gasteiger partial charge in [0.2, 0.25) is 0 Å². The minimum Gasteiger partial charge on any atom is -0.387 e. The van der Waals surface area contributed by atoms with E-state index in [4.69, 9.17) is 4.74 Å². The Morgan fingerprint density at radius 1 is 1.53 bits per heavy atom. The lowest BCUT2D eigenvalue weighted by molar-refractivity contribution is -0.101. The Kier molecular flexibility index (Phi) is 4.22. The zero-order valence-corrected chi connectivity index (χ0v) is 13.1. The molecule has 0 bridgehead atoms. The van der Waals surface area contributed by atoms with Crippen molar-refractivity contribution in [1.82, 2.24) is 0 Å². The molecule has 2 saturated heterocycles. The molecule has 106 valence electrons. The van der Waals surface area contributed by atoms with E-state index in [9.17, 15) is 5.11 Å². The van der Waals surface area contributed by atoms with Crippen LogP contribution in [0.25, 0.3) is 0 Å². The predicted molar refractivity (Wildman–Crippen MR) is 82.0 cm³/mol. The Balaban J connectivity index is 1.70. The van der Waals surface area contributed by atoms with E-state index in [1.165, 1.54) is 10.6 Å². The van der Waals surface area contributed by atoms with Crippen molar-refractivity contribution in [2.75, 3.05) is 18.1 Å². The van der Waals surface area contributed by atoms with Crippen molar-refractivity contribution >= 4 is 23.1 Å². The zero-order chi connectivity index (χ0) is 13.3. The second-order valence-electron chi connectivity index (χ2n) is 5.69. The average Bonchev–Trinajstić information content (AvgIpc) is 3.07. The standard InChI is InChI=1S/C15H22O2S2/c1-2-12-3-4-13(19-12)14(16)11-5-7-17-15(9-11)6-8-18-10-15/h3-4,11,14,16H,2,5-10H2,1H3. The number of hydrogen-bond donors (Lipinski definition) is 1. The summed E-state index contributed by atoms with van der Waals surface area (Å²) in [5, 5.41) is 10.6. The van der Waals surface area contributed by atoms with Gasteiger partial charge in [-0.1, -0.05) is 6.92 Å². The predicted octanol–water partition coefficient (Wildman–Crippen LogP) is 3.65. The van der Waals surface area contributed by atoms with Crippen LogP contribution in [-0.4, -0.2) is 28.8 Å². The number of rotatable bonds is 3. The monoisotopic (exact) mass is 298 g/mol. The first-order valence-corrected chi connectivity index (χ1v) is 9.18. The first-order chi connectivity index (χ1) is 9.22. The van der Waals surface area contributed by atoms with Gasteiger partial charge in [0.15, 0.2) is 0 Å². The Labute approximate surface area is 123 Å². The molecular weight excluding hydrogens is 276 g/mol. The summed E-state index contributed by atoms with van der Waals surface area (Å²) in [5.74, 6) is 2.69. The molecule has 2 fully saturated rings. The van der Waals surface area contributed by atoms with Crippen molar-refractivity contribution in [2.45, 2.75) is 44.3 Å². The van der Waals surface area contributed by atoms with Gasteiger partial charge >= 0.3 is 0 Å². The third-order valence-electron chi connectivity index (χ3n) is 4.37.